The molecular weight excluding hydrogens is 142 g/mol. The fourth-order valence-electron chi connectivity index (χ4n) is 1.97. The van der Waals surface area contributed by atoms with Crippen molar-refractivity contribution in [3.8, 4) is 0 Å². The van der Waals surface area contributed by atoms with Gasteiger partial charge in [-0.15, -0.1) is 0 Å². The van der Waals surface area contributed by atoms with E-state index in [2.05, 4.69) is 6.92 Å². The van der Waals surface area contributed by atoms with Crippen molar-refractivity contribution in [1.82, 2.24) is 0 Å². The predicted octanol–water partition coefficient (Wildman–Crippen LogP) is 0.692. The summed E-state index contributed by atoms with van der Waals surface area (Å²) in [6.07, 6.45) is 1.82. The van der Waals surface area contributed by atoms with Gasteiger partial charge < -0.3 is 10.8 Å². The first-order valence-corrected chi connectivity index (χ1v) is 4.09. The number of carbonyl (C=O) groups is 1. The first-order valence-electron chi connectivity index (χ1n) is 4.09. The Kier molecular flexibility index (Phi) is 2.49. The summed E-state index contributed by atoms with van der Waals surface area (Å²) >= 11 is 0. The first-order chi connectivity index (χ1) is 5.16. The number of hydrogen-bond donors (Lipinski definition) is 2. The summed E-state index contributed by atoms with van der Waals surface area (Å²) < 4.78 is 0. The normalized spacial score (nSPS) is 37.5. The van der Waals surface area contributed by atoms with Crippen LogP contribution < -0.4 is 5.73 Å². The maximum absolute atomic E-state index is 10.7. The lowest BCUT2D eigenvalue weighted by Crippen LogP contribution is -2.27. The summed E-state index contributed by atoms with van der Waals surface area (Å²) in [6.45, 7) is 2.60. The van der Waals surface area contributed by atoms with E-state index in [-0.39, 0.29) is 11.8 Å². The Labute approximate surface area is 66.6 Å². The average molecular weight is 157 g/mol. The molecule has 0 aromatic rings. The van der Waals surface area contributed by atoms with E-state index in [9.17, 15) is 4.79 Å². The van der Waals surface area contributed by atoms with Crippen LogP contribution in [0.1, 0.15) is 19.8 Å². The number of carboxylic acid groups (broad SMARTS) is 1. The van der Waals surface area contributed by atoms with Crippen LogP contribution in [0.15, 0.2) is 0 Å². The van der Waals surface area contributed by atoms with Gasteiger partial charge in [-0.2, -0.15) is 0 Å². The third-order valence-corrected chi connectivity index (χ3v) is 2.77. The molecular formula is C8H15NO2. The van der Waals surface area contributed by atoms with Gasteiger partial charge in [0.05, 0.1) is 5.92 Å². The van der Waals surface area contributed by atoms with Crippen LogP contribution >= 0.6 is 0 Å². The van der Waals surface area contributed by atoms with Crippen molar-refractivity contribution in [2.75, 3.05) is 6.54 Å². The highest BCUT2D eigenvalue weighted by molar-refractivity contribution is 5.70. The highest BCUT2D eigenvalue weighted by atomic mass is 16.4. The van der Waals surface area contributed by atoms with Crippen molar-refractivity contribution in [1.29, 1.82) is 0 Å². The maximum atomic E-state index is 10.7. The summed E-state index contributed by atoms with van der Waals surface area (Å²) in [5.74, 6) is -0.173. The van der Waals surface area contributed by atoms with Gasteiger partial charge in [0, 0.05) is 0 Å². The Morgan fingerprint density at radius 2 is 2.27 bits per heavy atom. The van der Waals surface area contributed by atoms with Crippen LogP contribution in [0.4, 0.5) is 0 Å². The Hall–Kier alpha value is -0.570. The minimum Gasteiger partial charge on any atom is -0.481 e. The third-order valence-electron chi connectivity index (χ3n) is 2.77. The lowest BCUT2D eigenvalue weighted by molar-refractivity contribution is -0.143. The molecule has 0 aromatic carbocycles. The quantitative estimate of drug-likeness (QED) is 0.620. The van der Waals surface area contributed by atoms with Crippen LogP contribution in [0.25, 0.3) is 0 Å². The van der Waals surface area contributed by atoms with Gasteiger partial charge in [-0.3, -0.25) is 4.79 Å². The lowest BCUT2D eigenvalue weighted by Gasteiger charge is -2.16. The molecule has 3 heteroatoms. The molecule has 1 aliphatic rings. The standard InChI is InChI=1S/C8H15NO2/c1-5-2-3-6(8(10)11)7(5)4-9/h5-7H,2-4,9H2,1H3,(H,10,11). The lowest BCUT2D eigenvalue weighted by atomic mass is 9.91. The van der Waals surface area contributed by atoms with Crippen molar-refractivity contribution < 1.29 is 9.90 Å². The zero-order chi connectivity index (χ0) is 8.43. The topological polar surface area (TPSA) is 63.3 Å². The van der Waals surface area contributed by atoms with Crippen molar-refractivity contribution >= 4 is 5.97 Å². The molecule has 1 fully saturated rings. The van der Waals surface area contributed by atoms with Gasteiger partial charge in [0.1, 0.15) is 0 Å². The fourth-order valence-corrected chi connectivity index (χ4v) is 1.97. The van der Waals surface area contributed by atoms with E-state index in [1.807, 2.05) is 0 Å². The molecule has 1 aliphatic carbocycles. The first kappa shape index (κ1) is 8.53. The van der Waals surface area contributed by atoms with Crippen LogP contribution in [-0.2, 0) is 4.79 Å². The second-order valence-corrected chi connectivity index (χ2v) is 3.40. The zero-order valence-corrected chi connectivity index (χ0v) is 6.79. The highest BCUT2D eigenvalue weighted by Gasteiger charge is 2.36. The molecule has 64 valence electrons. The Morgan fingerprint density at radius 1 is 1.64 bits per heavy atom. The summed E-state index contributed by atoms with van der Waals surface area (Å²) in [5, 5.41) is 8.78. The van der Waals surface area contributed by atoms with E-state index < -0.39 is 5.97 Å². The molecule has 3 atom stereocenters. The van der Waals surface area contributed by atoms with Crippen LogP contribution in [0, 0.1) is 17.8 Å². The molecule has 0 spiro atoms. The zero-order valence-electron chi connectivity index (χ0n) is 6.79. The van der Waals surface area contributed by atoms with Crippen molar-refractivity contribution in [3.05, 3.63) is 0 Å². The van der Waals surface area contributed by atoms with Crippen molar-refractivity contribution in [2.24, 2.45) is 23.5 Å². The molecule has 1 saturated carbocycles. The molecule has 0 bridgehead atoms. The Balaban J connectivity index is 2.61. The van der Waals surface area contributed by atoms with Gasteiger partial charge in [0.2, 0.25) is 0 Å². The second-order valence-electron chi connectivity index (χ2n) is 3.40. The largest absolute Gasteiger partial charge is 0.481 e. The SMILES string of the molecule is CC1CCC(C(=O)O)C1CN. The van der Waals surface area contributed by atoms with E-state index in [1.165, 1.54) is 0 Å². The fraction of sp³-hybridized carbons (Fsp3) is 0.875. The van der Waals surface area contributed by atoms with E-state index >= 15 is 0 Å². The third kappa shape index (κ3) is 1.53. The second kappa shape index (κ2) is 3.22. The van der Waals surface area contributed by atoms with Gasteiger partial charge in [-0.25, -0.2) is 0 Å². The van der Waals surface area contributed by atoms with Gasteiger partial charge in [-0.1, -0.05) is 6.92 Å². The number of carboxylic acids is 1. The van der Waals surface area contributed by atoms with Crippen molar-refractivity contribution in [2.45, 2.75) is 19.8 Å². The van der Waals surface area contributed by atoms with E-state index in [0.29, 0.717) is 12.5 Å². The smallest absolute Gasteiger partial charge is 0.306 e. The highest BCUT2D eigenvalue weighted by Crippen LogP contribution is 2.35. The molecule has 3 unspecified atom stereocenters. The van der Waals surface area contributed by atoms with Gasteiger partial charge in [-0.05, 0) is 31.2 Å². The molecule has 0 aliphatic heterocycles. The minimum absolute atomic E-state index is 0.185. The maximum Gasteiger partial charge on any atom is 0.306 e. The number of hydrogen-bond acceptors (Lipinski definition) is 2. The Bertz CT molecular complexity index is 158. The molecule has 0 aromatic heterocycles. The monoisotopic (exact) mass is 157 g/mol. The molecule has 0 amide bonds. The molecule has 3 N–H and O–H groups in total. The summed E-state index contributed by atoms with van der Waals surface area (Å²) in [7, 11) is 0. The molecule has 0 saturated heterocycles. The molecule has 1 rings (SSSR count). The molecule has 0 radical (unpaired) electrons. The van der Waals surface area contributed by atoms with Crippen molar-refractivity contribution in [3.63, 3.8) is 0 Å². The van der Waals surface area contributed by atoms with Gasteiger partial charge in [0.25, 0.3) is 0 Å². The minimum atomic E-state index is -0.676. The Morgan fingerprint density at radius 3 is 2.64 bits per heavy atom. The van der Waals surface area contributed by atoms with Crippen LogP contribution in [-0.4, -0.2) is 17.6 Å². The number of rotatable bonds is 2. The van der Waals surface area contributed by atoms with E-state index in [1.54, 1.807) is 0 Å². The van der Waals surface area contributed by atoms with E-state index in [4.69, 9.17) is 10.8 Å². The predicted molar refractivity (Wildman–Crippen MR) is 42.1 cm³/mol. The van der Waals surface area contributed by atoms with Gasteiger partial charge in [0.15, 0.2) is 0 Å². The van der Waals surface area contributed by atoms with E-state index in [0.717, 1.165) is 12.8 Å². The molecule has 3 nitrogen and oxygen atoms in total. The van der Waals surface area contributed by atoms with Crippen LogP contribution in [0.2, 0.25) is 0 Å². The van der Waals surface area contributed by atoms with Crippen LogP contribution in [0.3, 0.4) is 0 Å². The number of aliphatic carboxylic acids is 1. The average Bonchev–Trinajstić information content (AvgIpc) is 2.30. The summed E-state index contributed by atoms with van der Waals surface area (Å²) in [4.78, 5) is 10.7. The van der Waals surface area contributed by atoms with Gasteiger partial charge >= 0.3 is 5.97 Å². The molecule has 11 heavy (non-hydrogen) atoms. The summed E-state index contributed by atoms with van der Waals surface area (Å²) in [6, 6.07) is 0. The summed E-state index contributed by atoms with van der Waals surface area (Å²) in [5.41, 5.74) is 5.49. The van der Waals surface area contributed by atoms with Crippen LogP contribution in [0.5, 0.6) is 0 Å². The molecule has 0 heterocycles. The number of nitrogens with two attached hydrogens (primary N) is 1.